The van der Waals surface area contributed by atoms with Gasteiger partial charge in [0.2, 0.25) is 0 Å². The van der Waals surface area contributed by atoms with Gasteiger partial charge in [-0.25, -0.2) is 4.79 Å². The molecule has 0 aromatic heterocycles. The van der Waals surface area contributed by atoms with E-state index in [-0.39, 0.29) is 6.03 Å². The number of benzene rings is 1. The normalized spacial score (nSPS) is 10.4. The molecule has 17 heavy (non-hydrogen) atoms. The van der Waals surface area contributed by atoms with Crippen LogP contribution >= 0.6 is 0 Å². The van der Waals surface area contributed by atoms with Crippen LogP contribution in [-0.4, -0.2) is 12.6 Å². The Hall–Kier alpha value is -1.51. The summed E-state index contributed by atoms with van der Waals surface area (Å²) in [5.74, 6) is 0.607. The Balaban J connectivity index is 2.47. The smallest absolute Gasteiger partial charge is 0.319 e. The van der Waals surface area contributed by atoms with Crippen LogP contribution in [0, 0.1) is 19.8 Å². The monoisotopic (exact) mass is 234 g/mol. The Kier molecular flexibility index (Phi) is 5.01. The van der Waals surface area contributed by atoms with E-state index in [2.05, 4.69) is 24.5 Å². The maximum atomic E-state index is 11.6. The van der Waals surface area contributed by atoms with Crippen molar-refractivity contribution in [2.75, 3.05) is 11.9 Å². The summed E-state index contributed by atoms with van der Waals surface area (Å²) >= 11 is 0. The van der Waals surface area contributed by atoms with Crippen LogP contribution in [-0.2, 0) is 0 Å². The number of hydrogen-bond donors (Lipinski definition) is 2. The predicted octanol–water partition coefficient (Wildman–Crippen LogP) is 3.47. The third-order valence-electron chi connectivity index (χ3n) is 2.65. The van der Waals surface area contributed by atoms with Gasteiger partial charge in [0.25, 0.3) is 0 Å². The molecule has 0 saturated carbocycles. The average Bonchev–Trinajstić information content (AvgIpc) is 2.23. The maximum Gasteiger partial charge on any atom is 0.319 e. The summed E-state index contributed by atoms with van der Waals surface area (Å²) in [6, 6.07) is 5.91. The molecule has 0 spiro atoms. The fraction of sp³-hybridized carbons (Fsp3) is 0.500. The van der Waals surface area contributed by atoms with E-state index < -0.39 is 0 Å². The summed E-state index contributed by atoms with van der Waals surface area (Å²) < 4.78 is 0. The highest BCUT2D eigenvalue weighted by Crippen LogP contribution is 2.15. The van der Waals surface area contributed by atoms with Crippen molar-refractivity contribution in [2.24, 2.45) is 5.92 Å². The van der Waals surface area contributed by atoms with Crippen molar-refractivity contribution < 1.29 is 4.79 Å². The molecule has 0 unspecified atom stereocenters. The van der Waals surface area contributed by atoms with Crippen LogP contribution in [0.2, 0.25) is 0 Å². The van der Waals surface area contributed by atoms with Gasteiger partial charge in [0, 0.05) is 12.2 Å². The molecule has 3 nitrogen and oxygen atoms in total. The zero-order valence-corrected chi connectivity index (χ0v) is 11.1. The number of anilines is 1. The van der Waals surface area contributed by atoms with Gasteiger partial charge in [-0.2, -0.15) is 0 Å². The highest BCUT2D eigenvalue weighted by molar-refractivity contribution is 5.90. The number of hydrogen-bond acceptors (Lipinski definition) is 1. The fourth-order valence-corrected chi connectivity index (χ4v) is 1.51. The zero-order chi connectivity index (χ0) is 12.8. The van der Waals surface area contributed by atoms with Crippen LogP contribution < -0.4 is 10.6 Å². The second kappa shape index (κ2) is 6.28. The third kappa shape index (κ3) is 4.89. The molecule has 1 aromatic carbocycles. The molecule has 0 atom stereocenters. The molecule has 3 heteroatoms. The first-order valence-corrected chi connectivity index (χ1v) is 6.11. The first-order chi connectivity index (χ1) is 7.99. The Labute approximate surface area is 104 Å². The number of amides is 2. The van der Waals surface area contributed by atoms with Crippen LogP contribution in [0.15, 0.2) is 18.2 Å². The Morgan fingerprint density at radius 3 is 2.65 bits per heavy atom. The minimum Gasteiger partial charge on any atom is -0.338 e. The van der Waals surface area contributed by atoms with E-state index in [9.17, 15) is 4.79 Å². The molecule has 0 saturated heterocycles. The maximum absolute atomic E-state index is 11.6. The molecule has 1 rings (SSSR count). The number of rotatable bonds is 4. The van der Waals surface area contributed by atoms with Gasteiger partial charge in [0.15, 0.2) is 0 Å². The second-order valence-corrected chi connectivity index (χ2v) is 4.88. The van der Waals surface area contributed by atoms with Crippen LogP contribution in [0.25, 0.3) is 0 Å². The minimum absolute atomic E-state index is 0.126. The van der Waals surface area contributed by atoms with Crippen molar-refractivity contribution in [1.29, 1.82) is 0 Å². The van der Waals surface area contributed by atoms with E-state index in [1.807, 2.05) is 32.0 Å². The number of nitrogens with one attached hydrogen (secondary N) is 2. The topological polar surface area (TPSA) is 41.1 Å². The van der Waals surface area contributed by atoms with Gasteiger partial charge < -0.3 is 10.6 Å². The summed E-state index contributed by atoms with van der Waals surface area (Å²) in [5.41, 5.74) is 3.11. The second-order valence-electron chi connectivity index (χ2n) is 4.88. The largest absolute Gasteiger partial charge is 0.338 e. The summed E-state index contributed by atoms with van der Waals surface area (Å²) in [5, 5.41) is 5.73. The molecule has 0 aliphatic carbocycles. The van der Waals surface area contributed by atoms with Crippen molar-refractivity contribution in [3.63, 3.8) is 0 Å². The minimum atomic E-state index is -0.126. The van der Waals surface area contributed by atoms with Gasteiger partial charge in [-0.05, 0) is 43.4 Å². The van der Waals surface area contributed by atoms with Crippen LogP contribution in [0.4, 0.5) is 10.5 Å². The van der Waals surface area contributed by atoms with E-state index in [0.717, 1.165) is 23.2 Å². The summed E-state index contributed by atoms with van der Waals surface area (Å²) in [7, 11) is 0. The van der Waals surface area contributed by atoms with E-state index in [0.29, 0.717) is 12.5 Å². The van der Waals surface area contributed by atoms with Crippen LogP contribution in [0.5, 0.6) is 0 Å². The molecule has 0 bridgehead atoms. The van der Waals surface area contributed by atoms with Crippen molar-refractivity contribution >= 4 is 11.7 Å². The summed E-state index contributed by atoms with van der Waals surface area (Å²) in [6.45, 7) is 9.01. The number of carbonyl (C=O) groups excluding carboxylic acids is 1. The van der Waals surface area contributed by atoms with Crippen molar-refractivity contribution in [3.8, 4) is 0 Å². The Bertz CT molecular complexity index is 386. The lowest BCUT2D eigenvalue weighted by Crippen LogP contribution is -2.30. The first kappa shape index (κ1) is 13.6. The van der Waals surface area contributed by atoms with Gasteiger partial charge in [-0.15, -0.1) is 0 Å². The first-order valence-electron chi connectivity index (χ1n) is 6.11. The van der Waals surface area contributed by atoms with Gasteiger partial charge >= 0.3 is 6.03 Å². The van der Waals surface area contributed by atoms with Gasteiger partial charge in [-0.3, -0.25) is 0 Å². The molecule has 0 aliphatic heterocycles. The van der Waals surface area contributed by atoms with Crippen LogP contribution in [0.1, 0.15) is 31.4 Å². The molecule has 0 fully saturated rings. The Morgan fingerprint density at radius 1 is 1.29 bits per heavy atom. The number of carbonyl (C=O) groups is 1. The molecule has 2 amide bonds. The van der Waals surface area contributed by atoms with Gasteiger partial charge in [0.1, 0.15) is 0 Å². The third-order valence-corrected chi connectivity index (χ3v) is 2.65. The Morgan fingerprint density at radius 2 is 2.00 bits per heavy atom. The lowest BCUT2D eigenvalue weighted by atomic mass is 10.1. The molecule has 94 valence electrons. The molecular weight excluding hydrogens is 212 g/mol. The molecule has 2 N–H and O–H groups in total. The quantitative estimate of drug-likeness (QED) is 0.823. The SMILES string of the molecule is Cc1ccc(C)c(NC(=O)NCCC(C)C)c1. The van der Waals surface area contributed by atoms with E-state index >= 15 is 0 Å². The molecule has 1 aromatic rings. The van der Waals surface area contributed by atoms with Gasteiger partial charge in [-0.1, -0.05) is 26.0 Å². The predicted molar refractivity (Wildman–Crippen MR) is 72.4 cm³/mol. The number of urea groups is 1. The van der Waals surface area contributed by atoms with Crippen molar-refractivity contribution in [3.05, 3.63) is 29.3 Å². The molecule has 0 aliphatic rings. The van der Waals surface area contributed by atoms with E-state index in [4.69, 9.17) is 0 Å². The lowest BCUT2D eigenvalue weighted by molar-refractivity contribution is 0.251. The van der Waals surface area contributed by atoms with Gasteiger partial charge in [0.05, 0.1) is 0 Å². The zero-order valence-electron chi connectivity index (χ0n) is 11.1. The number of aryl methyl sites for hydroxylation is 2. The molecule has 0 heterocycles. The summed E-state index contributed by atoms with van der Waals surface area (Å²) in [4.78, 5) is 11.6. The molecule has 0 radical (unpaired) electrons. The fourth-order valence-electron chi connectivity index (χ4n) is 1.51. The summed E-state index contributed by atoms with van der Waals surface area (Å²) in [6.07, 6.45) is 1.00. The van der Waals surface area contributed by atoms with E-state index in [1.165, 1.54) is 0 Å². The average molecular weight is 234 g/mol. The van der Waals surface area contributed by atoms with Crippen molar-refractivity contribution in [2.45, 2.75) is 34.1 Å². The molecular formula is C14H22N2O. The van der Waals surface area contributed by atoms with E-state index in [1.54, 1.807) is 0 Å². The highest BCUT2D eigenvalue weighted by Gasteiger charge is 2.04. The highest BCUT2D eigenvalue weighted by atomic mass is 16.2. The van der Waals surface area contributed by atoms with Crippen LogP contribution in [0.3, 0.4) is 0 Å². The lowest BCUT2D eigenvalue weighted by Gasteiger charge is -2.11. The standard InChI is InChI=1S/C14H22N2O/c1-10(2)7-8-15-14(17)16-13-9-11(3)5-6-12(13)4/h5-6,9-10H,7-8H2,1-4H3,(H2,15,16,17). The van der Waals surface area contributed by atoms with Crippen molar-refractivity contribution in [1.82, 2.24) is 5.32 Å².